The van der Waals surface area contributed by atoms with Crippen LogP contribution in [-0.4, -0.2) is 38.7 Å². The molecule has 3 heteroatoms. The van der Waals surface area contributed by atoms with Gasteiger partial charge in [-0.25, -0.2) is 0 Å². The van der Waals surface area contributed by atoms with E-state index < -0.39 is 0 Å². The maximum atomic E-state index is 5.66. The number of nitrogens with two attached hydrogens (primary N) is 1. The Balaban J connectivity index is 2.48. The molecular formula is C16H28N2O. The van der Waals surface area contributed by atoms with Gasteiger partial charge in [-0.2, -0.15) is 0 Å². The molecule has 2 N–H and O–H groups in total. The third kappa shape index (κ3) is 5.62. The van der Waals surface area contributed by atoms with Gasteiger partial charge in [0.05, 0.1) is 7.11 Å². The minimum absolute atomic E-state index is 0.282. The van der Waals surface area contributed by atoms with E-state index in [4.69, 9.17) is 10.5 Å². The molecule has 1 aromatic carbocycles. The second-order valence-corrected chi connectivity index (χ2v) is 6.00. The molecule has 0 aliphatic carbocycles. The van der Waals surface area contributed by atoms with Crippen molar-refractivity contribution in [1.82, 2.24) is 4.90 Å². The van der Waals surface area contributed by atoms with Crippen molar-refractivity contribution in [3.05, 3.63) is 29.8 Å². The summed E-state index contributed by atoms with van der Waals surface area (Å²) >= 11 is 0. The Morgan fingerprint density at radius 1 is 1.26 bits per heavy atom. The summed E-state index contributed by atoms with van der Waals surface area (Å²) in [5.41, 5.74) is 7.21. The molecule has 0 aliphatic heterocycles. The van der Waals surface area contributed by atoms with Crippen LogP contribution < -0.4 is 10.5 Å². The SMILES string of the molecule is COc1ccccc1CCN(C)CC(C)(C)CCN. The van der Waals surface area contributed by atoms with Crippen molar-refractivity contribution < 1.29 is 4.74 Å². The van der Waals surface area contributed by atoms with Crippen molar-refractivity contribution in [3.63, 3.8) is 0 Å². The molecule has 0 aliphatic rings. The molecule has 19 heavy (non-hydrogen) atoms. The fourth-order valence-corrected chi connectivity index (χ4v) is 2.50. The van der Waals surface area contributed by atoms with E-state index in [-0.39, 0.29) is 5.41 Å². The summed E-state index contributed by atoms with van der Waals surface area (Å²) in [6.45, 7) is 7.42. The Morgan fingerprint density at radius 3 is 2.58 bits per heavy atom. The van der Waals surface area contributed by atoms with Crippen molar-refractivity contribution in [2.75, 3.05) is 33.8 Å². The molecule has 0 atom stereocenters. The Morgan fingerprint density at radius 2 is 1.95 bits per heavy atom. The van der Waals surface area contributed by atoms with Crippen LogP contribution in [-0.2, 0) is 6.42 Å². The van der Waals surface area contributed by atoms with Crippen LogP contribution in [0.1, 0.15) is 25.8 Å². The number of nitrogens with zero attached hydrogens (tertiary/aromatic N) is 1. The van der Waals surface area contributed by atoms with E-state index in [2.05, 4.69) is 37.9 Å². The number of hydrogen-bond donors (Lipinski definition) is 1. The van der Waals surface area contributed by atoms with Crippen molar-refractivity contribution in [1.29, 1.82) is 0 Å². The summed E-state index contributed by atoms with van der Waals surface area (Å²) in [6.07, 6.45) is 2.07. The summed E-state index contributed by atoms with van der Waals surface area (Å²) in [4.78, 5) is 2.38. The second-order valence-electron chi connectivity index (χ2n) is 6.00. The van der Waals surface area contributed by atoms with Gasteiger partial charge in [-0.05, 0) is 43.5 Å². The molecule has 0 aromatic heterocycles. The molecule has 1 aromatic rings. The van der Waals surface area contributed by atoms with Gasteiger partial charge in [0.15, 0.2) is 0 Å². The summed E-state index contributed by atoms with van der Waals surface area (Å²) in [6, 6.07) is 8.23. The molecule has 0 fully saturated rings. The predicted octanol–water partition coefficient (Wildman–Crippen LogP) is 2.54. The fraction of sp³-hybridized carbons (Fsp3) is 0.625. The van der Waals surface area contributed by atoms with Crippen LogP contribution in [0.3, 0.4) is 0 Å². The average molecular weight is 264 g/mol. The van der Waals surface area contributed by atoms with Gasteiger partial charge in [0.1, 0.15) is 5.75 Å². The molecule has 0 amide bonds. The van der Waals surface area contributed by atoms with Gasteiger partial charge in [-0.3, -0.25) is 0 Å². The highest BCUT2D eigenvalue weighted by molar-refractivity contribution is 5.33. The van der Waals surface area contributed by atoms with Crippen LogP contribution in [0, 0.1) is 5.41 Å². The summed E-state index contributed by atoms with van der Waals surface area (Å²) in [5.74, 6) is 0.983. The number of rotatable bonds is 8. The number of para-hydroxylation sites is 1. The highest BCUT2D eigenvalue weighted by atomic mass is 16.5. The van der Waals surface area contributed by atoms with Gasteiger partial charge in [0, 0.05) is 13.1 Å². The van der Waals surface area contributed by atoms with Crippen LogP contribution in [0.4, 0.5) is 0 Å². The zero-order chi connectivity index (χ0) is 14.3. The fourth-order valence-electron chi connectivity index (χ4n) is 2.50. The van der Waals surface area contributed by atoms with Gasteiger partial charge >= 0.3 is 0 Å². The summed E-state index contributed by atoms with van der Waals surface area (Å²) in [5, 5.41) is 0. The Bertz CT molecular complexity index is 377. The molecule has 0 heterocycles. The van der Waals surface area contributed by atoms with E-state index in [1.165, 1.54) is 5.56 Å². The van der Waals surface area contributed by atoms with E-state index in [1.807, 2.05) is 12.1 Å². The van der Waals surface area contributed by atoms with Crippen molar-refractivity contribution in [3.8, 4) is 5.75 Å². The van der Waals surface area contributed by atoms with E-state index in [1.54, 1.807) is 7.11 Å². The number of methoxy groups -OCH3 is 1. The van der Waals surface area contributed by atoms with Gasteiger partial charge in [-0.1, -0.05) is 32.0 Å². The lowest BCUT2D eigenvalue weighted by molar-refractivity contribution is 0.202. The standard InChI is InChI=1S/C16H28N2O/c1-16(2,10-11-17)13-18(3)12-9-14-7-5-6-8-15(14)19-4/h5-8H,9-13,17H2,1-4H3. The largest absolute Gasteiger partial charge is 0.496 e. The molecular weight excluding hydrogens is 236 g/mol. The van der Waals surface area contributed by atoms with Crippen LogP contribution in [0.2, 0.25) is 0 Å². The molecule has 1 rings (SSSR count). The number of benzene rings is 1. The van der Waals surface area contributed by atoms with Crippen LogP contribution in [0.5, 0.6) is 5.75 Å². The lowest BCUT2D eigenvalue weighted by atomic mass is 9.89. The number of hydrogen-bond acceptors (Lipinski definition) is 3. The highest BCUT2D eigenvalue weighted by Gasteiger charge is 2.19. The Labute approximate surface area is 117 Å². The van der Waals surface area contributed by atoms with E-state index in [9.17, 15) is 0 Å². The zero-order valence-electron chi connectivity index (χ0n) is 12.8. The smallest absolute Gasteiger partial charge is 0.122 e. The lowest BCUT2D eigenvalue weighted by Crippen LogP contribution is -2.34. The van der Waals surface area contributed by atoms with E-state index >= 15 is 0 Å². The van der Waals surface area contributed by atoms with E-state index in [0.717, 1.165) is 38.2 Å². The van der Waals surface area contributed by atoms with Gasteiger partial charge < -0.3 is 15.4 Å². The monoisotopic (exact) mass is 264 g/mol. The lowest BCUT2D eigenvalue weighted by Gasteiger charge is -2.30. The third-order valence-electron chi connectivity index (χ3n) is 3.47. The normalized spacial score (nSPS) is 11.9. The van der Waals surface area contributed by atoms with Crippen molar-refractivity contribution in [2.24, 2.45) is 11.1 Å². The molecule has 0 spiro atoms. The summed E-state index contributed by atoms with van der Waals surface area (Å²) in [7, 11) is 3.90. The van der Waals surface area contributed by atoms with E-state index in [0.29, 0.717) is 0 Å². The molecule has 0 unspecified atom stereocenters. The number of ether oxygens (including phenoxy) is 1. The average Bonchev–Trinajstić information content (AvgIpc) is 2.36. The van der Waals surface area contributed by atoms with Gasteiger partial charge in [0.2, 0.25) is 0 Å². The molecule has 0 saturated heterocycles. The maximum Gasteiger partial charge on any atom is 0.122 e. The second kappa shape index (κ2) is 7.51. The maximum absolute atomic E-state index is 5.66. The highest BCUT2D eigenvalue weighted by Crippen LogP contribution is 2.21. The molecule has 3 nitrogen and oxygen atoms in total. The van der Waals surface area contributed by atoms with Crippen molar-refractivity contribution >= 4 is 0 Å². The van der Waals surface area contributed by atoms with Gasteiger partial charge in [-0.15, -0.1) is 0 Å². The first-order valence-electron chi connectivity index (χ1n) is 6.99. The minimum Gasteiger partial charge on any atom is -0.496 e. The first kappa shape index (κ1) is 16.0. The molecule has 108 valence electrons. The van der Waals surface area contributed by atoms with Crippen LogP contribution in [0.25, 0.3) is 0 Å². The predicted molar refractivity (Wildman–Crippen MR) is 81.6 cm³/mol. The minimum atomic E-state index is 0.282. The van der Waals surface area contributed by atoms with Crippen LogP contribution >= 0.6 is 0 Å². The quantitative estimate of drug-likeness (QED) is 0.784. The molecule has 0 saturated carbocycles. The van der Waals surface area contributed by atoms with Crippen molar-refractivity contribution in [2.45, 2.75) is 26.7 Å². The number of likely N-dealkylation sites (N-methyl/N-ethyl adjacent to an activating group) is 1. The first-order chi connectivity index (χ1) is 8.98. The molecule has 0 radical (unpaired) electrons. The molecule has 0 bridgehead atoms. The van der Waals surface area contributed by atoms with Gasteiger partial charge in [0.25, 0.3) is 0 Å². The van der Waals surface area contributed by atoms with Crippen LogP contribution in [0.15, 0.2) is 24.3 Å². The third-order valence-corrected chi connectivity index (χ3v) is 3.47. The first-order valence-corrected chi connectivity index (χ1v) is 6.99. The Kier molecular flexibility index (Phi) is 6.32. The topological polar surface area (TPSA) is 38.5 Å². The zero-order valence-corrected chi connectivity index (χ0v) is 12.8. The Hall–Kier alpha value is -1.06. The summed E-state index contributed by atoms with van der Waals surface area (Å²) < 4.78 is 5.38.